The Morgan fingerprint density at radius 3 is 2.46 bits per heavy atom. The van der Waals surface area contributed by atoms with Gasteiger partial charge in [0.15, 0.2) is 0 Å². The number of aryl methyl sites for hydroxylation is 1. The second kappa shape index (κ2) is 9.06. The van der Waals surface area contributed by atoms with E-state index >= 15 is 0 Å². The van der Waals surface area contributed by atoms with E-state index in [0.717, 1.165) is 36.9 Å². The minimum Gasteiger partial charge on any atom is -0.444 e. The van der Waals surface area contributed by atoms with Crippen LogP contribution >= 0.6 is 0 Å². The number of anilines is 1. The Morgan fingerprint density at radius 2 is 1.85 bits per heavy atom. The second-order valence-corrected chi connectivity index (χ2v) is 7.83. The average molecular weight is 360 g/mol. The van der Waals surface area contributed by atoms with Gasteiger partial charge in [-0.2, -0.15) is 0 Å². The first-order chi connectivity index (χ1) is 12.3. The van der Waals surface area contributed by atoms with Crippen LogP contribution < -0.4 is 10.6 Å². The largest absolute Gasteiger partial charge is 0.444 e. The summed E-state index contributed by atoms with van der Waals surface area (Å²) in [6, 6.07) is 7.09. The van der Waals surface area contributed by atoms with Gasteiger partial charge in [0.1, 0.15) is 11.6 Å². The molecule has 1 saturated carbocycles. The van der Waals surface area contributed by atoms with Crippen LogP contribution in [0.15, 0.2) is 24.3 Å². The topological polar surface area (TPSA) is 67.4 Å². The molecule has 0 aliphatic heterocycles. The molecular formula is C21H32N2O3. The Bertz CT molecular complexity index is 621. The molecule has 0 aromatic heterocycles. The number of hydrogen-bond donors (Lipinski definition) is 2. The highest BCUT2D eigenvalue weighted by Crippen LogP contribution is 2.28. The molecule has 0 spiro atoms. The van der Waals surface area contributed by atoms with Crippen molar-refractivity contribution in [3.8, 4) is 0 Å². The zero-order chi connectivity index (χ0) is 19.2. The van der Waals surface area contributed by atoms with Gasteiger partial charge in [-0.05, 0) is 57.6 Å². The van der Waals surface area contributed by atoms with E-state index in [2.05, 4.69) is 10.6 Å². The number of alkyl carbamates (subject to hydrolysis) is 1. The number of ether oxygens (including phenoxy) is 1. The quantitative estimate of drug-likeness (QED) is 0.766. The minimum atomic E-state index is -0.574. The van der Waals surface area contributed by atoms with Gasteiger partial charge in [0.2, 0.25) is 5.91 Å². The molecule has 0 bridgehead atoms. The van der Waals surface area contributed by atoms with Crippen molar-refractivity contribution in [1.82, 2.24) is 5.32 Å². The molecular weight excluding hydrogens is 328 g/mol. The van der Waals surface area contributed by atoms with Gasteiger partial charge in [-0.25, -0.2) is 4.79 Å². The molecule has 0 unspecified atom stereocenters. The number of amides is 2. The fraction of sp³-hybridized carbons (Fsp3) is 0.619. The van der Waals surface area contributed by atoms with Gasteiger partial charge in [0.05, 0.1) is 0 Å². The number of carbonyl (C=O) groups excluding carboxylic acids is 2. The van der Waals surface area contributed by atoms with Crippen LogP contribution in [0.25, 0.3) is 0 Å². The summed E-state index contributed by atoms with van der Waals surface area (Å²) >= 11 is 0. The molecule has 5 heteroatoms. The Hall–Kier alpha value is -2.04. The summed E-state index contributed by atoms with van der Waals surface area (Å²) in [4.78, 5) is 25.3. The van der Waals surface area contributed by atoms with Gasteiger partial charge in [-0.3, -0.25) is 4.79 Å². The lowest BCUT2D eigenvalue weighted by Crippen LogP contribution is -2.50. The van der Waals surface area contributed by atoms with Gasteiger partial charge < -0.3 is 15.4 Å². The average Bonchev–Trinajstić information content (AvgIpc) is 2.62. The van der Waals surface area contributed by atoms with E-state index in [9.17, 15) is 9.59 Å². The normalized spacial score (nSPS) is 16.6. The molecule has 0 saturated heterocycles. The zero-order valence-corrected chi connectivity index (χ0v) is 16.4. The molecule has 1 fully saturated rings. The van der Waals surface area contributed by atoms with E-state index in [0.29, 0.717) is 6.42 Å². The van der Waals surface area contributed by atoms with E-state index in [-0.39, 0.29) is 11.8 Å². The molecule has 5 nitrogen and oxygen atoms in total. The number of hydrogen-bond acceptors (Lipinski definition) is 3. The third-order valence-electron chi connectivity index (χ3n) is 5.30. The SMILES string of the molecule is CCC(C)(C)OC(=O)N[C@@H](C(=O)Nc1ccccc1C)C1CCCCC1. The maximum absolute atomic E-state index is 13.0. The van der Waals surface area contributed by atoms with Crippen LogP contribution in [0.3, 0.4) is 0 Å². The third-order valence-corrected chi connectivity index (χ3v) is 5.30. The van der Waals surface area contributed by atoms with Crippen molar-refractivity contribution in [3.63, 3.8) is 0 Å². The van der Waals surface area contributed by atoms with Crippen LogP contribution in [0.5, 0.6) is 0 Å². The van der Waals surface area contributed by atoms with Crippen LogP contribution in [0, 0.1) is 12.8 Å². The Morgan fingerprint density at radius 1 is 1.19 bits per heavy atom. The molecule has 1 atom stereocenters. The summed E-state index contributed by atoms with van der Waals surface area (Å²) in [5, 5.41) is 5.82. The first-order valence-corrected chi connectivity index (χ1v) is 9.68. The smallest absolute Gasteiger partial charge is 0.408 e. The summed E-state index contributed by atoms with van der Waals surface area (Å²) in [6.45, 7) is 7.67. The van der Waals surface area contributed by atoms with Gasteiger partial charge >= 0.3 is 6.09 Å². The zero-order valence-electron chi connectivity index (χ0n) is 16.4. The fourth-order valence-corrected chi connectivity index (χ4v) is 3.27. The van der Waals surface area contributed by atoms with Crippen molar-refractivity contribution in [2.75, 3.05) is 5.32 Å². The summed E-state index contributed by atoms with van der Waals surface area (Å²) in [5.74, 6) is -0.0255. The fourth-order valence-electron chi connectivity index (χ4n) is 3.27. The van der Waals surface area contributed by atoms with Crippen molar-refractivity contribution >= 4 is 17.7 Å². The Kier molecular flexibility index (Phi) is 7.06. The lowest BCUT2D eigenvalue weighted by atomic mass is 9.83. The summed E-state index contributed by atoms with van der Waals surface area (Å²) < 4.78 is 5.50. The van der Waals surface area contributed by atoms with Gasteiger partial charge in [0.25, 0.3) is 0 Å². The number of carbonyl (C=O) groups is 2. The maximum Gasteiger partial charge on any atom is 0.408 e. The third kappa shape index (κ3) is 5.75. The van der Waals surface area contributed by atoms with Crippen LogP contribution in [0.1, 0.15) is 64.9 Å². The van der Waals surface area contributed by atoms with Gasteiger partial charge in [0, 0.05) is 5.69 Å². The monoisotopic (exact) mass is 360 g/mol. The van der Waals surface area contributed by atoms with Crippen LogP contribution in [-0.4, -0.2) is 23.6 Å². The highest BCUT2D eigenvalue weighted by molar-refractivity contribution is 5.97. The van der Waals surface area contributed by atoms with Crippen LogP contribution in [-0.2, 0) is 9.53 Å². The molecule has 144 valence electrons. The number of para-hydroxylation sites is 1. The minimum absolute atomic E-state index is 0.144. The van der Waals surface area contributed by atoms with E-state index in [1.165, 1.54) is 6.42 Å². The van der Waals surface area contributed by atoms with Crippen molar-refractivity contribution < 1.29 is 14.3 Å². The maximum atomic E-state index is 13.0. The summed E-state index contributed by atoms with van der Waals surface area (Å²) in [6.07, 6.45) is 5.46. The Balaban J connectivity index is 2.11. The predicted molar refractivity (Wildman–Crippen MR) is 104 cm³/mol. The number of benzene rings is 1. The van der Waals surface area contributed by atoms with Gasteiger partial charge in [-0.15, -0.1) is 0 Å². The molecule has 1 aliphatic rings. The van der Waals surface area contributed by atoms with E-state index in [1.807, 2.05) is 52.0 Å². The van der Waals surface area contributed by atoms with Crippen LogP contribution in [0.4, 0.5) is 10.5 Å². The molecule has 1 aliphatic carbocycles. The highest BCUT2D eigenvalue weighted by Gasteiger charge is 2.33. The number of rotatable bonds is 6. The second-order valence-electron chi connectivity index (χ2n) is 7.83. The number of nitrogens with one attached hydrogen (secondary N) is 2. The molecule has 0 heterocycles. The van der Waals surface area contributed by atoms with Crippen molar-refractivity contribution in [3.05, 3.63) is 29.8 Å². The van der Waals surface area contributed by atoms with Crippen molar-refractivity contribution in [1.29, 1.82) is 0 Å². The lowest BCUT2D eigenvalue weighted by Gasteiger charge is -2.31. The lowest BCUT2D eigenvalue weighted by molar-refractivity contribution is -0.119. The van der Waals surface area contributed by atoms with E-state index in [4.69, 9.17) is 4.74 Å². The van der Waals surface area contributed by atoms with Crippen molar-refractivity contribution in [2.24, 2.45) is 5.92 Å². The molecule has 0 radical (unpaired) electrons. The standard InChI is InChI=1S/C21H32N2O3/c1-5-21(3,4)26-20(25)23-18(16-12-7-6-8-13-16)19(24)22-17-14-10-9-11-15(17)2/h9-11,14,16,18H,5-8,12-13H2,1-4H3,(H,22,24)(H,23,25)/t18-/m1/s1. The highest BCUT2D eigenvalue weighted by atomic mass is 16.6. The van der Waals surface area contributed by atoms with E-state index < -0.39 is 17.7 Å². The molecule has 1 aromatic carbocycles. The van der Waals surface area contributed by atoms with Crippen LogP contribution in [0.2, 0.25) is 0 Å². The molecule has 26 heavy (non-hydrogen) atoms. The molecule has 2 amide bonds. The van der Waals surface area contributed by atoms with Crippen molar-refractivity contribution in [2.45, 2.75) is 77.9 Å². The first kappa shape index (κ1) is 20.3. The predicted octanol–water partition coefficient (Wildman–Crippen LogP) is 4.80. The van der Waals surface area contributed by atoms with E-state index in [1.54, 1.807) is 0 Å². The summed E-state index contributed by atoms with van der Waals surface area (Å²) in [7, 11) is 0. The Labute approximate surface area is 156 Å². The molecule has 2 N–H and O–H groups in total. The van der Waals surface area contributed by atoms with Gasteiger partial charge in [-0.1, -0.05) is 44.4 Å². The molecule has 2 rings (SSSR count). The molecule has 1 aromatic rings. The summed E-state index contributed by atoms with van der Waals surface area (Å²) in [5.41, 5.74) is 1.23. The first-order valence-electron chi connectivity index (χ1n) is 9.68.